The molecule has 0 unspecified atom stereocenters. The second-order valence-corrected chi connectivity index (χ2v) is 8.88. The fraction of sp³-hybridized carbons (Fsp3) is 0.423. The highest BCUT2D eigenvalue weighted by Gasteiger charge is 2.21. The van der Waals surface area contributed by atoms with Gasteiger partial charge >= 0.3 is 0 Å². The van der Waals surface area contributed by atoms with Crippen LogP contribution in [-0.2, 0) is 32.0 Å². The second-order valence-electron chi connectivity index (χ2n) is 8.88. The molecule has 0 radical (unpaired) electrons. The molecular weight excluding hydrogens is 539 g/mol. The summed E-state index contributed by atoms with van der Waals surface area (Å²) in [5.41, 5.74) is 3.70. The molecule has 0 spiro atoms. The van der Waals surface area contributed by atoms with Crippen molar-refractivity contribution in [2.45, 2.75) is 52.6 Å². The number of hydrogen-bond acceptors (Lipinski definition) is 4. The van der Waals surface area contributed by atoms with Gasteiger partial charge in [0, 0.05) is 19.0 Å². The minimum absolute atomic E-state index is 0. The van der Waals surface area contributed by atoms with Crippen molar-refractivity contribution in [2.24, 2.45) is 12.0 Å². The molecule has 7 nitrogen and oxygen atoms in total. The number of aliphatic imine (C=N–C) groups is 1. The third-order valence-corrected chi connectivity index (χ3v) is 6.02. The van der Waals surface area contributed by atoms with Crippen LogP contribution in [0.2, 0.25) is 0 Å². The summed E-state index contributed by atoms with van der Waals surface area (Å²) in [5.74, 6) is 3.33. The van der Waals surface area contributed by atoms with Gasteiger partial charge in [-0.1, -0.05) is 57.2 Å². The second kappa shape index (κ2) is 12.7. The number of nitrogens with zero attached hydrogens (tertiary/aromatic N) is 4. The van der Waals surface area contributed by atoms with E-state index in [0.717, 1.165) is 41.9 Å². The minimum atomic E-state index is -0.0593. The van der Waals surface area contributed by atoms with E-state index in [1.165, 1.54) is 11.1 Å². The molecule has 0 fully saturated rings. The van der Waals surface area contributed by atoms with Crippen LogP contribution in [0.1, 0.15) is 49.1 Å². The number of benzene rings is 2. The van der Waals surface area contributed by atoms with E-state index in [1.807, 2.05) is 42.8 Å². The summed E-state index contributed by atoms with van der Waals surface area (Å²) >= 11 is 0. The number of methoxy groups -OCH3 is 1. The lowest BCUT2D eigenvalue weighted by atomic mass is 9.84. The molecule has 0 aliphatic rings. The number of rotatable bonds is 9. The smallest absolute Gasteiger partial charge is 0.192 e. The van der Waals surface area contributed by atoms with Crippen molar-refractivity contribution >= 4 is 29.9 Å². The van der Waals surface area contributed by atoms with Crippen molar-refractivity contribution in [1.29, 1.82) is 0 Å². The van der Waals surface area contributed by atoms with Crippen LogP contribution in [0.3, 0.4) is 0 Å². The number of aryl methyl sites for hydroxylation is 2. The molecule has 0 atom stereocenters. The first-order valence-electron chi connectivity index (χ1n) is 11.4. The summed E-state index contributed by atoms with van der Waals surface area (Å²) in [6.07, 6.45) is 1.05. The first-order chi connectivity index (χ1) is 15.8. The van der Waals surface area contributed by atoms with Gasteiger partial charge in [-0.15, -0.1) is 34.2 Å². The van der Waals surface area contributed by atoms with Crippen LogP contribution < -0.4 is 15.4 Å². The Kier molecular flexibility index (Phi) is 10.3. The monoisotopic (exact) mass is 576 g/mol. The van der Waals surface area contributed by atoms with Crippen LogP contribution in [0.4, 0.5) is 0 Å². The van der Waals surface area contributed by atoms with Gasteiger partial charge < -0.3 is 19.9 Å². The molecule has 2 N–H and O–H groups in total. The van der Waals surface area contributed by atoms with E-state index in [0.29, 0.717) is 13.1 Å². The molecule has 34 heavy (non-hydrogen) atoms. The van der Waals surface area contributed by atoms with E-state index in [2.05, 4.69) is 65.9 Å². The Hall–Kier alpha value is -2.62. The maximum atomic E-state index is 5.25. The Balaban J connectivity index is 0.00000408. The first kappa shape index (κ1) is 27.6. The zero-order chi connectivity index (χ0) is 23.8. The number of halogens is 1. The number of nitrogens with one attached hydrogen (secondary N) is 2. The Morgan fingerprint density at radius 3 is 2.21 bits per heavy atom. The lowest BCUT2D eigenvalue weighted by Gasteiger charge is -2.27. The average molecular weight is 577 g/mol. The van der Waals surface area contributed by atoms with Gasteiger partial charge in [0.25, 0.3) is 0 Å². The van der Waals surface area contributed by atoms with Crippen molar-refractivity contribution in [3.8, 4) is 5.75 Å². The molecule has 8 heteroatoms. The molecule has 0 amide bonds. The molecule has 3 rings (SSSR count). The SMILES string of the molecule is CCc1ccc(C(C)(C)CNC(=NCc2ccc(OC)cc2)NCc2nnc(C)n2C)cc1.I. The molecule has 0 aliphatic heterocycles. The first-order valence-corrected chi connectivity index (χ1v) is 11.4. The van der Waals surface area contributed by atoms with Crippen LogP contribution in [0.15, 0.2) is 53.5 Å². The molecule has 2 aromatic carbocycles. The van der Waals surface area contributed by atoms with Gasteiger partial charge in [-0.05, 0) is 42.2 Å². The molecule has 0 saturated heterocycles. The van der Waals surface area contributed by atoms with Crippen LogP contribution in [-0.4, -0.2) is 34.4 Å². The topological polar surface area (TPSA) is 76.4 Å². The van der Waals surface area contributed by atoms with Crippen molar-refractivity contribution in [3.05, 3.63) is 76.9 Å². The highest BCUT2D eigenvalue weighted by atomic mass is 127. The average Bonchev–Trinajstić information content (AvgIpc) is 3.16. The molecule has 0 saturated carbocycles. The molecule has 1 aromatic heterocycles. The summed E-state index contributed by atoms with van der Waals surface area (Å²) in [5, 5.41) is 15.3. The van der Waals surface area contributed by atoms with Crippen molar-refractivity contribution in [2.75, 3.05) is 13.7 Å². The highest BCUT2D eigenvalue weighted by Crippen LogP contribution is 2.23. The summed E-state index contributed by atoms with van der Waals surface area (Å²) in [7, 11) is 3.64. The Labute approximate surface area is 220 Å². The Morgan fingerprint density at radius 1 is 1.00 bits per heavy atom. The van der Waals surface area contributed by atoms with Crippen molar-refractivity contribution < 1.29 is 4.74 Å². The Morgan fingerprint density at radius 2 is 1.65 bits per heavy atom. The number of hydrogen-bond donors (Lipinski definition) is 2. The zero-order valence-electron chi connectivity index (χ0n) is 21.1. The lowest BCUT2D eigenvalue weighted by molar-refractivity contribution is 0.414. The van der Waals surface area contributed by atoms with Gasteiger partial charge in [0.15, 0.2) is 11.8 Å². The van der Waals surface area contributed by atoms with Gasteiger partial charge in [0.1, 0.15) is 11.6 Å². The molecule has 0 aliphatic carbocycles. The highest BCUT2D eigenvalue weighted by molar-refractivity contribution is 14.0. The van der Waals surface area contributed by atoms with Gasteiger partial charge in [-0.25, -0.2) is 4.99 Å². The van der Waals surface area contributed by atoms with Crippen LogP contribution in [0.25, 0.3) is 0 Å². The summed E-state index contributed by atoms with van der Waals surface area (Å²) in [4.78, 5) is 4.82. The van der Waals surface area contributed by atoms with Crippen molar-refractivity contribution in [3.63, 3.8) is 0 Å². The summed E-state index contributed by atoms with van der Waals surface area (Å²) in [6.45, 7) is 10.4. The van der Waals surface area contributed by atoms with Gasteiger partial charge in [0.05, 0.1) is 20.2 Å². The fourth-order valence-corrected chi connectivity index (χ4v) is 3.44. The number of aromatic nitrogens is 3. The predicted octanol–water partition coefficient (Wildman–Crippen LogP) is 4.53. The molecule has 184 valence electrons. The zero-order valence-corrected chi connectivity index (χ0v) is 23.4. The van der Waals surface area contributed by atoms with Gasteiger partial charge in [0.2, 0.25) is 0 Å². The third-order valence-electron chi connectivity index (χ3n) is 6.02. The normalized spacial score (nSPS) is 11.6. The largest absolute Gasteiger partial charge is 0.497 e. The number of guanidine groups is 1. The van der Waals surface area contributed by atoms with Crippen LogP contribution in [0, 0.1) is 6.92 Å². The van der Waals surface area contributed by atoms with E-state index >= 15 is 0 Å². The molecular formula is C26H37IN6O. The maximum absolute atomic E-state index is 5.25. The van der Waals surface area contributed by atoms with E-state index in [-0.39, 0.29) is 29.4 Å². The molecule has 3 aromatic rings. The standard InChI is InChI=1S/C26H36N6O.HI/c1-7-20-8-12-22(13-9-20)26(3,4)18-29-25(28-17-24-31-30-19(2)32(24)5)27-16-21-10-14-23(33-6)15-11-21;/h8-15H,7,16-18H2,1-6H3,(H2,27,28,29);1H. The maximum Gasteiger partial charge on any atom is 0.192 e. The van der Waals surface area contributed by atoms with E-state index in [9.17, 15) is 0 Å². The van der Waals surface area contributed by atoms with Gasteiger partial charge in [-0.3, -0.25) is 0 Å². The van der Waals surface area contributed by atoms with Gasteiger partial charge in [-0.2, -0.15) is 0 Å². The Bertz CT molecular complexity index is 1060. The van der Waals surface area contributed by atoms with E-state index in [1.54, 1.807) is 7.11 Å². The molecule has 1 heterocycles. The predicted molar refractivity (Wildman–Crippen MR) is 149 cm³/mol. The minimum Gasteiger partial charge on any atom is -0.497 e. The molecule has 0 bridgehead atoms. The van der Waals surface area contributed by atoms with Crippen LogP contribution in [0.5, 0.6) is 5.75 Å². The third kappa shape index (κ3) is 7.44. The fourth-order valence-electron chi connectivity index (χ4n) is 3.44. The van der Waals surface area contributed by atoms with Crippen molar-refractivity contribution in [1.82, 2.24) is 25.4 Å². The van der Waals surface area contributed by atoms with E-state index < -0.39 is 0 Å². The van der Waals surface area contributed by atoms with Crippen LogP contribution >= 0.6 is 24.0 Å². The summed E-state index contributed by atoms with van der Waals surface area (Å²) in [6, 6.07) is 16.9. The summed E-state index contributed by atoms with van der Waals surface area (Å²) < 4.78 is 7.23. The number of ether oxygens (including phenoxy) is 1. The quantitative estimate of drug-likeness (QED) is 0.223. The van der Waals surface area contributed by atoms with E-state index in [4.69, 9.17) is 9.73 Å². The lowest BCUT2D eigenvalue weighted by Crippen LogP contribution is -2.43.